The molecule has 1 unspecified atom stereocenters. The molecule has 0 aliphatic carbocycles. The zero-order valence-corrected chi connectivity index (χ0v) is 19.9. The molecule has 1 aromatic carbocycles. The number of aromatic amines is 1. The third-order valence-electron chi connectivity index (χ3n) is 5.48. The molecule has 0 bridgehead atoms. The van der Waals surface area contributed by atoms with Crippen LogP contribution in [0.2, 0.25) is 0 Å². The summed E-state index contributed by atoms with van der Waals surface area (Å²) in [5.41, 5.74) is 1.96. The van der Waals surface area contributed by atoms with Gasteiger partial charge in [-0.05, 0) is 56.8 Å². The van der Waals surface area contributed by atoms with Crippen LogP contribution in [0.15, 0.2) is 29.1 Å². The van der Waals surface area contributed by atoms with E-state index in [4.69, 9.17) is 9.72 Å². The molecule has 2 aromatic heterocycles. The topological polar surface area (TPSA) is 78.5 Å². The number of fused-ring (bicyclic) bond motifs is 1. The molecule has 1 atom stereocenters. The first-order valence-corrected chi connectivity index (χ1v) is 11.6. The lowest BCUT2D eigenvalue weighted by atomic mass is 10.1. The van der Waals surface area contributed by atoms with Gasteiger partial charge in [0.2, 0.25) is 0 Å². The van der Waals surface area contributed by atoms with Gasteiger partial charge in [0.15, 0.2) is 0 Å². The molecule has 0 saturated heterocycles. The van der Waals surface area contributed by atoms with Gasteiger partial charge in [-0.2, -0.15) is 0 Å². The van der Waals surface area contributed by atoms with E-state index in [1.807, 2.05) is 45.0 Å². The summed E-state index contributed by atoms with van der Waals surface area (Å²) in [5.74, 6) is 1.96. The van der Waals surface area contributed by atoms with Crippen LogP contribution < -0.4 is 10.3 Å². The highest BCUT2D eigenvalue weighted by Gasteiger charge is 2.17. The summed E-state index contributed by atoms with van der Waals surface area (Å²) in [7, 11) is 0. The lowest BCUT2D eigenvalue weighted by molar-refractivity contribution is 0.0628. The van der Waals surface area contributed by atoms with Gasteiger partial charge in [0.05, 0.1) is 11.9 Å². The first-order valence-electron chi connectivity index (χ1n) is 10.8. The van der Waals surface area contributed by atoms with Crippen molar-refractivity contribution in [3.05, 3.63) is 56.4 Å². The van der Waals surface area contributed by atoms with Crippen LogP contribution >= 0.6 is 11.3 Å². The standard InChI is InChI=1S/C24H33N3O3S/c1-15(2)10-11-27(12-19(28)14-30-20-9-7-6-8-16(20)3)13-21-25-23(29)22-17(4)18(5)31-24(22)26-21/h6-9,15,19,28H,10-14H2,1-5H3,(H,25,26,29). The van der Waals surface area contributed by atoms with Crippen LogP contribution in [0.25, 0.3) is 10.2 Å². The number of aromatic nitrogens is 2. The monoisotopic (exact) mass is 443 g/mol. The lowest BCUT2D eigenvalue weighted by Crippen LogP contribution is -2.37. The second-order valence-corrected chi connectivity index (χ2v) is 9.83. The van der Waals surface area contributed by atoms with Crippen LogP contribution in [0.3, 0.4) is 0 Å². The fourth-order valence-corrected chi connectivity index (χ4v) is 4.57. The van der Waals surface area contributed by atoms with Gasteiger partial charge in [-0.3, -0.25) is 9.69 Å². The molecule has 0 aliphatic heterocycles. The van der Waals surface area contributed by atoms with Gasteiger partial charge in [0.1, 0.15) is 29.1 Å². The van der Waals surface area contributed by atoms with Crippen molar-refractivity contribution in [2.45, 2.75) is 53.7 Å². The minimum absolute atomic E-state index is 0.0888. The van der Waals surface area contributed by atoms with E-state index in [0.717, 1.165) is 39.5 Å². The van der Waals surface area contributed by atoms with E-state index in [-0.39, 0.29) is 12.2 Å². The summed E-state index contributed by atoms with van der Waals surface area (Å²) >= 11 is 1.55. The Morgan fingerprint density at radius 1 is 1.23 bits per heavy atom. The maximum absolute atomic E-state index is 12.6. The fourth-order valence-electron chi connectivity index (χ4n) is 3.52. The number of hydrogen-bond donors (Lipinski definition) is 2. The molecular formula is C24H33N3O3S. The van der Waals surface area contributed by atoms with Gasteiger partial charge < -0.3 is 14.8 Å². The van der Waals surface area contributed by atoms with E-state index in [9.17, 15) is 9.90 Å². The molecule has 2 heterocycles. The Balaban J connectivity index is 1.70. The largest absolute Gasteiger partial charge is 0.491 e. The van der Waals surface area contributed by atoms with E-state index in [0.29, 0.717) is 30.2 Å². The second kappa shape index (κ2) is 10.4. The number of para-hydroxylation sites is 1. The summed E-state index contributed by atoms with van der Waals surface area (Å²) in [5, 5.41) is 11.3. The van der Waals surface area contributed by atoms with Crippen LogP contribution in [0.5, 0.6) is 5.75 Å². The molecule has 0 aliphatic rings. The predicted molar refractivity (Wildman–Crippen MR) is 127 cm³/mol. The summed E-state index contributed by atoms with van der Waals surface area (Å²) in [4.78, 5) is 24.3. The molecule has 0 saturated carbocycles. The normalized spacial score (nSPS) is 12.8. The lowest BCUT2D eigenvalue weighted by Gasteiger charge is -2.25. The van der Waals surface area contributed by atoms with Gasteiger partial charge in [0, 0.05) is 11.4 Å². The van der Waals surface area contributed by atoms with E-state index in [2.05, 4.69) is 23.7 Å². The van der Waals surface area contributed by atoms with Crippen LogP contribution in [0, 0.1) is 26.7 Å². The SMILES string of the molecule is Cc1ccccc1OCC(O)CN(CCC(C)C)Cc1nc2sc(C)c(C)c2c(=O)[nH]1. The molecule has 0 radical (unpaired) electrons. The van der Waals surface area contributed by atoms with Crippen molar-refractivity contribution in [3.8, 4) is 5.75 Å². The van der Waals surface area contributed by atoms with Crippen molar-refractivity contribution in [1.29, 1.82) is 0 Å². The average molecular weight is 444 g/mol. The number of aryl methyl sites for hydroxylation is 3. The molecule has 3 aromatic rings. The number of benzene rings is 1. The highest BCUT2D eigenvalue weighted by molar-refractivity contribution is 7.18. The predicted octanol–water partition coefficient (Wildman–Crippen LogP) is 4.20. The minimum Gasteiger partial charge on any atom is -0.491 e. The molecule has 2 N–H and O–H groups in total. The summed E-state index contributed by atoms with van der Waals surface area (Å²) < 4.78 is 5.82. The Labute approximate surface area is 187 Å². The van der Waals surface area contributed by atoms with Crippen LogP contribution in [-0.4, -0.2) is 45.8 Å². The van der Waals surface area contributed by atoms with E-state index in [1.54, 1.807) is 11.3 Å². The molecule has 7 heteroatoms. The minimum atomic E-state index is -0.645. The molecule has 0 spiro atoms. The molecule has 0 amide bonds. The molecule has 31 heavy (non-hydrogen) atoms. The highest BCUT2D eigenvalue weighted by Crippen LogP contribution is 2.26. The van der Waals surface area contributed by atoms with Gasteiger partial charge in [-0.1, -0.05) is 32.0 Å². The Kier molecular flexibility index (Phi) is 7.86. The Hall–Kier alpha value is -2.22. The number of H-pyrrole nitrogens is 1. The number of ether oxygens (including phenoxy) is 1. The third kappa shape index (κ3) is 6.15. The van der Waals surface area contributed by atoms with E-state index >= 15 is 0 Å². The van der Waals surface area contributed by atoms with Gasteiger partial charge in [-0.15, -0.1) is 11.3 Å². The molecule has 168 valence electrons. The quantitative estimate of drug-likeness (QED) is 0.491. The van der Waals surface area contributed by atoms with Gasteiger partial charge >= 0.3 is 0 Å². The molecular weight excluding hydrogens is 410 g/mol. The number of thiophene rings is 1. The van der Waals surface area contributed by atoms with Crippen molar-refractivity contribution in [2.24, 2.45) is 5.92 Å². The van der Waals surface area contributed by atoms with E-state index < -0.39 is 6.10 Å². The molecule has 3 rings (SSSR count). The Morgan fingerprint density at radius 3 is 2.68 bits per heavy atom. The Morgan fingerprint density at radius 2 is 1.97 bits per heavy atom. The zero-order chi connectivity index (χ0) is 22.5. The number of aliphatic hydroxyl groups is 1. The summed E-state index contributed by atoms with van der Waals surface area (Å²) in [6.45, 7) is 12.3. The zero-order valence-electron chi connectivity index (χ0n) is 19.1. The van der Waals surface area contributed by atoms with Crippen LogP contribution in [0.4, 0.5) is 0 Å². The number of aliphatic hydroxyl groups excluding tert-OH is 1. The average Bonchev–Trinajstić information content (AvgIpc) is 2.99. The molecule has 6 nitrogen and oxygen atoms in total. The maximum Gasteiger partial charge on any atom is 0.259 e. The summed E-state index contributed by atoms with van der Waals surface area (Å²) in [6.07, 6.45) is 0.350. The molecule has 0 fully saturated rings. The fraction of sp³-hybridized carbons (Fsp3) is 0.500. The van der Waals surface area contributed by atoms with Crippen LogP contribution in [-0.2, 0) is 6.54 Å². The number of nitrogens with one attached hydrogen (secondary N) is 1. The number of hydrogen-bond acceptors (Lipinski definition) is 6. The second-order valence-electron chi connectivity index (χ2n) is 8.62. The first-order chi connectivity index (χ1) is 14.7. The van der Waals surface area contributed by atoms with Crippen LogP contribution in [0.1, 0.15) is 42.1 Å². The Bertz CT molecular complexity index is 1070. The van der Waals surface area contributed by atoms with Crippen molar-refractivity contribution in [2.75, 3.05) is 19.7 Å². The first kappa shape index (κ1) is 23.4. The van der Waals surface area contributed by atoms with Gasteiger partial charge in [-0.25, -0.2) is 4.98 Å². The van der Waals surface area contributed by atoms with E-state index in [1.165, 1.54) is 0 Å². The summed E-state index contributed by atoms with van der Waals surface area (Å²) in [6, 6.07) is 7.79. The van der Waals surface area contributed by atoms with Crippen molar-refractivity contribution >= 4 is 21.6 Å². The number of nitrogens with zero attached hydrogens (tertiary/aromatic N) is 2. The van der Waals surface area contributed by atoms with Gasteiger partial charge in [0.25, 0.3) is 5.56 Å². The number of rotatable bonds is 10. The highest BCUT2D eigenvalue weighted by atomic mass is 32.1. The smallest absolute Gasteiger partial charge is 0.259 e. The maximum atomic E-state index is 12.6. The van der Waals surface area contributed by atoms with Crippen molar-refractivity contribution in [1.82, 2.24) is 14.9 Å². The third-order valence-corrected chi connectivity index (χ3v) is 6.58. The van der Waals surface area contributed by atoms with Crippen molar-refractivity contribution < 1.29 is 9.84 Å². The van der Waals surface area contributed by atoms with Crippen molar-refractivity contribution in [3.63, 3.8) is 0 Å².